The van der Waals surface area contributed by atoms with Crippen LogP contribution in [0.15, 0.2) is 55.4 Å². The predicted octanol–water partition coefficient (Wildman–Crippen LogP) is 2.10. The van der Waals surface area contributed by atoms with E-state index in [9.17, 15) is 4.79 Å². The van der Waals surface area contributed by atoms with Crippen LogP contribution >= 0.6 is 0 Å². The lowest BCUT2D eigenvalue weighted by Gasteiger charge is -2.34. The summed E-state index contributed by atoms with van der Waals surface area (Å²) in [5.74, 6) is 2.02. The molecule has 1 aromatic carbocycles. The Bertz CT molecular complexity index is 682. The number of ether oxygens (including phenoxy) is 1. The second-order valence-corrected chi connectivity index (χ2v) is 5.15. The van der Waals surface area contributed by atoms with Gasteiger partial charge in [0.25, 0.3) is 0 Å². The summed E-state index contributed by atoms with van der Waals surface area (Å²) in [6.07, 6.45) is 2.85. The van der Waals surface area contributed by atoms with E-state index in [2.05, 4.69) is 21.4 Å². The van der Waals surface area contributed by atoms with Gasteiger partial charge < -0.3 is 14.5 Å². The quantitative estimate of drug-likeness (QED) is 0.810. The maximum atomic E-state index is 11.6. The first kappa shape index (κ1) is 15.0. The third-order valence-electron chi connectivity index (χ3n) is 3.68. The lowest BCUT2D eigenvalue weighted by Crippen LogP contribution is -2.48. The molecule has 0 spiro atoms. The maximum Gasteiger partial charge on any atom is 0.246 e. The molecule has 2 heterocycles. The molecule has 0 N–H and O–H groups in total. The molecule has 1 saturated heterocycles. The van der Waals surface area contributed by atoms with Gasteiger partial charge in [-0.25, -0.2) is 9.97 Å². The first-order chi connectivity index (χ1) is 11.3. The van der Waals surface area contributed by atoms with Gasteiger partial charge in [0.1, 0.15) is 17.9 Å². The average Bonchev–Trinajstić information content (AvgIpc) is 2.62. The van der Waals surface area contributed by atoms with Gasteiger partial charge in [0, 0.05) is 32.2 Å². The molecule has 6 heteroatoms. The first-order valence-corrected chi connectivity index (χ1v) is 7.47. The highest BCUT2D eigenvalue weighted by Gasteiger charge is 2.20. The lowest BCUT2D eigenvalue weighted by molar-refractivity contribution is -0.126. The molecule has 1 aromatic heterocycles. The highest BCUT2D eigenvalue weighted by molar-refractivity contribution is 5.87. The van der Waals surface area contributed by atoms with E-state index in [1.807, 2.05) is 36.4 Å². The van der Waals surface area contributed by atoms with Crippen molar-refractivity contribution in [2.75, 3.05) is 31.1 Å². The number of carbonyl (C=O) groups is 1. The number of nitrogens with zero attached hydrogens (tertiary/aromatic N) is 4. The van der Waals surface area contributed by atoms with E-state index in [4.69, 9.17) is 4.74 Å². The van der Waals surface area contributed by atoms with E-state index in [1.54, 1.807) is 4.90 Å². The molecular weight excluding hydrogens is 292 g/mol. The fraction of sp³-hybridized carbons (Fsp3) is 0.235. The third-order valence-corrected chi connectivity index (χ3v) is 3.68. The van der Waals surface area contributed by atoms with Gasteiger partial charge in [0.15, 0.2) is 0 Å². The number of hydrogen-bond acceptors (Lipinski definition) is 5. The van der Waals surface area contributed by atoms with Crippen molar-refractivity contribution >= 4 is 11.7 Å². The number of carbonyl (C=O) groups excluding carboxylic acids is 1. The van der Waals surface area contributed by atoms with E-state index in [-0.39, 0.29) is 5.91 Å². The number of amides is 1. The van der Waals surface area contributed by atoms with E-state index in [0.717, 1.165) is 24.7 Å². The van der Waals surface area contributed by atoms with E-state index < -0.39 is 0 Å². The van der Waals surface area contributed by atoms with Crippen molar-refractivity contribution in [1.29, 1.82) is 0 Å². The van der Waals surface area contributed by atoms with Crippen molar-refractivity contribution in [1.82, 2.24) is 14.9 Å². The number of hydrogen-bond donors (Lipinski definition) is 0. The zero-order valence-corrected chi connectivity index (χ0v) is 12.8. The molecule has 1 aliphatic heterocycles. The Morgan fingerprint density at radius 1 is 1.13 bits per heavy atom. The predicted molar refractivity (Wildman–Crippen MR) is 87.5 cm³/mol. The minimum absolute atomic E-state index is 0.0274. The van der Waals surface area contributed by atoms with E-state index in [1.165, 1.54) is 12.4 Å². The monoisotopic (exact) mass is 310 g/mol. The average molecular weight is 310 g/mol. The van der Waals surface area contributed by atoms with Crippen LogP contribution in [0.4, 0.5) is 5.82 Å². The fourth-order valence-electron chi connectivity index (χ4n) is 2.45. The van der Waals surface area contributed by atoms with Crippen LogP contribution in [0.2, 0.25) is 0 Å². The smallest absolute Gasteiger partial charge is 0.246 e. The summed E-state index contributed by atoms with van der Waals surface area (Å²) in [6, 6.07) is 11.3. The first-order valence-electron chi connectivity index (χ1n) is 7.47. The second kappa shape index (κ2) is 6.91. The van der Waals surface area contributed by atoms with Crippen LogP contribution in [0, 0.1) is 0 Å². The fourth-order valence-corrected chi connectivity index (χ4v) is 2.45. The van der Waals surface area contributed by atoms with Crippen LogP contribution < -0.4 is 9.64 Å². The molecule has 0 saturated carbocycles. The summed E-state index contributed by atoms with van der Waals surface area (Å²) in [5.41, 5.74) is 0. The third kappa shape index (κ3) is 3.66. The molecule has 2 aromatic rings. The Balaban J connectivity index is 1.66. The molecular formula is C17H18N4O2. The molecule has 0 aliphatic carbocycles. The molecule has 3 rings (SSSR count). The Morgan fingerprint density at radius 2 is 1.87 bits per heavy atom. The molecule has 0 atom stereocenters. The molecule has 0 bridgehead atoms. The number of para-hydroxylation sites is 1. The van der Waals surface area contributed by atoms with Crippen LogP contribution in [-0.4, -0.2) is 47.0 Å². The highest BCUT2D eigenvalue weighted by atomic mass is 16.5. The number of benzene rings is 1. The summed E-state index contributed by atoms with van der Waals surface area (Å²) in [5, 5.41) is 0. The van der Waals surface area contributed by atoms with Crippen LogP contribution in [0.1, 0.15) is 0 Å². The standard InChI is InChI=1S/C17H18N4O2/c1-2-17(22)21-10-8-20(9-11-21)15-12-16(19-13-18-15)23-14-6-4-3-5-7-14/h2-7,12-13H,1,8-11H2. The number of rotatable bonds is 4. The number of piperazine rings is 1. The van der Waals surface area contributed by atoms with Crippen molar-refractivity contribution in [3.8, 4) is 11.6 Å². The molecule has 0 unspecified atom stereocenters. The van der Waals surface area contributed by atoms with Crippen molar-refractivity contribution in [2.45, 2.75) is 0 Å². The van der Waals surface area contributed by atoms with Crippen LogP contribution in [0.3, 0.4) is 0 Å². The minimum atomic E-state index is -0.0274. The number of anilines is 1. The van der Waals surface area contributed by atoms with Crippen LogP contribution in [0.25, 0.3) is 0 Å². The summed E-state index contributed by atoms with van der Waals surface area (Å²) in [4.78, 5) is 24.0. The summed E-state index contributed by atoms with van der Waals surface area (Å²) < 4.78 is 5.73. The van der Waals surface area contributed by atoms with Gasteiger partial charge in [-0.2, -0.15) is 0 Å². The van der Waals surface area contributed by atoms with Crippen molar-refractivity contribution in [3.63, 3.8) is 0 Å². The molecule has 1 amide bonds. The lowest BCUT2D eigenvalue weighted by atomic mass is 10.3. The summed E-state index contributed by atoms with van der Waals surface area (Å²) >= 11 is 0. The Kier molecular flexibility index (Phi) is 4.52. The summed E-state index contributed by atoms with van der Waals surface area (Å²) in [6.45, 7) is 6.28. The van der Waals surface area contributed by atoms with Crippen molar-refractivity contribution in [2.24, 2.45) is 0 Å². The van der Waals surface area contributed by atoms with Gasteiger partial charge >= 0.3 is 0 Å². The van der Waals surface area contributed by atoms with E-state index in [0.29, 0.717) is 19.0 Å². The van der Waals surface area contributed by atoms with Gasteiger partial charge in [-0.3, -0.25) is 4.79 Å². The van der Waals surface area contributed by atoms with Crippen LogP contribution in [0.5, 0.6) is 11.6 Å². The zero-order valence-electron chi connectivity index (χ0n) is 12.8. The van der Waals surface area contributed by atoms with Crippen molar-refractivity contribution in [3.05, 3.63) is 55.4 Å². The Hall–Kier alpha value is -2.89. The van der Waals surface area contributed by atoms with Gasteiger partial charge in [-0.05, 0) is 18.2 Å². The molecule has 6 nitrogen and oxygen atoms in total. The minimum Gasteiger partial charge on any atom is -0.439 e. The largest absolute Gasteiger partial charge is 0.439 e. The SMILES string of the molecule is C=CC(=O)N1CCN(c2cc(Oc3ccccc3)ncn2)CC1. The van der Waals surface area contributed by atoms with Crippen LogP contribution in [-0.2, 0) is 4.79 Å². The van der Waals surface area contributed by atoms with Gasteiger partial charge in [0.2, 0.25) is 11.8 Å². The Labute approximate surface area is 135 Å². The molecule has 1 fully saturated rings. The highest BCUT2D eigenvalue weighted by Crippen LogP contribution is 2.22. The summed E-state index contributed by atoms with van der Waals surface area (Å²) in [7, 11) is 0. The second-order valence-electron chi connectivity index (χ2n) is 5.15. The van der Waals surface area contributed by atoms with Gasteiger partial charge in [0.05, 0.1) is 0 Å². The van der Waals surface area contributed by atoms with Crippen molar-refractivity contribution < 1.29 is 9.53 Å². The van der Waals surface area contributed by atoms with Gasteiger partial charge in [-0.1, -0.05) is 24.8 Å². The molecule has 0 radical (unpaired) electrons. The zero-order chi connectivity index (χ0) is 16.1. The Morgan fingerprint density at radius 3 is 2.57 bits per heavy atom. The normalized spacial score (nSPS) is 14.4. The topological polar surface area (TPSA) is 58.6 Å². The number of aromatic nitrogens is 2. The van der Waals surface area contributed by atoms with Gasteiger partial charge in [-0.15, -0.1) is 0 Å². The molecule has 1 aliphatic rings. The van der Waals surface area contributed by atoms with E-state index >= 15 is 0 Å². The maximum absolute atomic E-state index is 11.6. The molecule has 118 valence electrons. The molecule has 23 heavy (non-hydrogen) atoms.